The molecular weight excluding hydrogens is 230 g/mol. The number of ether oxygens (including phenoxy) is 1. The van der Waals surface area contributed by atoms with Crippen LogP contribution in [-0.4, -0.2) is 21.1 Å². The van der Waals surface area contributed by atoms with E-state index in [2.05, 4.69) is 4.74 Å². The largest absolute Gasteiger partial charge is 0.449 e. The quantitative estimate of drug-likeness (QED) is 0.871. The predicted molar refractivity (Wildman–Crippen MR) is 58.5 cm³/mol. The summed E-state index contributed by atoms with van der Waals surface area (Å²) in [6, 6.07) is 6.39. The highest BCUT2D eigenvalue weighted by atomic mass is 32.2. The molecule has 88 valence electrons. The topological polar surface area (TPSA) is 72.5 Å². The average molecular weight is 243 g/mol. The van der Waals surface area contributed by atoms with Crippen LogP contribution in [0, 0.1) is 6.92 Å². The summed E-state index contributed by atoms with van der Waals surface area (Å²) < 4.78 is 29.8. The first-order chi connectivity index (χ1) is 7.47. The molecule has 0 aliphatic rings. The fourth-order valence-electron chi connectivity index (χ4n) is 1.18. The molecule has 1 N–H and O–H groups in total. The van der Waals surface area contributed by atoms with Crippen LogP contribution in [0.1, 0.15) is 12.5 Å². The number of carbonyl (C=O) groups excluding carboxylic acids is 1. The standard InChI is InChI=1S/C10H13NO4S/c1-3-15-10(12)11-16(13,14)9-7-5-4-6-8(9)2/h4-7H,3H2,1-2H3,(H,11,12). The van der Waals surface area contributed by atoms with Gasteiger partial charge < -0.3 is 4.74 Å². The Morgan fingerprint density at radius 1 is 1.38 bits per heavy atom. The van der Waals surface area contributed by atoms with Crippen molar-refractivity contribution in [3.8, 4) is 0 Å². The molecule has 0 fully saturated rings. The first kappa shape index (κ1) is 12.5. The Hall–Kier alpha value is -1.56. The van der Waals surface area contributed by atoms with Crippen molar-refractivity contribution < 1.29 is 17.9 Å². The molecule has 1 amide bonds. The van der Waals surface area contributed by atoms with Gasteiger partial charge in [-0.15, -0.1) is 0 Å². The van der Waals surface area contributed by atoms with Gasteiger partial charge in [-0.05, 0) is 25.5 Å². The lowest BCUT2D eigenvalue weighted by Gasteiger charge is -2.08. The van der Waals surface area contributed by atoms with Gasteiger partial charge in [0.2, 0.25) is 0 Å². The predicted octanol–water partition coefficient (Wildman–Crippen LogP) is 1.43. The summed E-state index contributed by atoms with van der Waals surface area (Å²) in [6.45, 7) is 3.37. The first-order valence-electron chi connectivity index (χ1n) is 4.72. The smallest absolute Gasteiger partial charge is 0.421 e. The van der Waals surface area contributed by atoms with Crippen molar-refractivity contribution in [2.24, 2.45) is 0 Å². The van der Waals surface area contributed by atoms with Gasteiger partial charge in [0.05, 0.1) is 11.5 Å². The molecule has 0 aliphatic heterocycles. The molecule has 0 saturated carbocycles. The van der Waals surface area contributed by atoms with E-state index in [1.165, 1.54) is 6.07 Å². The number of amides is 1. The van der Waals surface area contributed by atoms with E-state index in [1.54, 1.807) is 32.0 Å². The Kier molecular flexibility index (Phi) is 3.89. The normalized spacial score (nSPS) is 10.9. The highest BCUT2D eigenvalue weighted by Gasteiger charge is 2.19. The monoisotopic (exact) mass is 243 g/mol. The van der Waals surface area contributed by atoms with E-state index in [0.717, 1.165) is 0 Å². The van der Waals surface area contributed by atoms with E-state index in [-0.39, 0.29) is 11.5 Å². The van der Waals surface area contributed by atoms with Gasteiger partial charge in [-0.3, -0.25) is 0 Å². The molecule has 0 radical (unpaired) electrons. The second kappa shape index (κ2) is 4.98. The van der Waals surface area contributed by atoms with Crippen molar-refractivity contribution in [3.63, 3.8) is 0 Å². The summed E-state index contributed by atoms with van der Waals surface area (Å²) in [4.78, 5) is 11.1. The molecule has 0 aromatic heterocycles. The van der Waals surface area contributed by atoms with E-state index >= 15 is 0 Å². The van der Waals surface area contributed by atoms with Crippen molar-refractivity contribution in [1.82, 2.24) is 4.72 Å². The number of rotatable bonds is 3. The van der Waals surface area contributed by atoms with Gasteiger partial charge in [-0.2, -0.15) is 0 Å². The SMILES string of the molecule is CCOC(=O)NS(=O)(=O)c1ccccc1C. The summed E-state index contributed by atoms with van der Waals surface area (Å²) in [6.07, 6.45) is -0.967. The lowest BCUT2D eigenvalue weighted by atomic mass is 10.2. The number of sulfonamides is 1. The van der Waals surface area contributed by atoms with Crippen LogP contribution < -0.4 is 4.72 Å². The number of nitrogens with one attached hydrogen (secondary N) is 1. The Balaban J connectivity index is 2.95. The Morgan fingerprint density at radius 2 is 2.00 bits per heavy atom. The molecule has 0 spiro atoms. The molecule has 5 nitrogen and oxygen atoms in total. The van der Waals surface area contributed by atoms with Crippen LogP contribution in [0.15, 0.2) is 29.2 Å². The number of hydrogen-bond donors (Lipinski definition) is 1. The molecule has 16 heavy (non-hydrogen) atoms. The van der Waals surface area contributed by atoms with Crippen LogP contribution in [0.2, 0.25) is 0 Å². The average Bonchev–Trinajstić information content (AvgIpc) is 2.17. The van der Waals surface area contributed by atoms with Gasteiger partial charge in [-0.1, -0.05) is 18.2 Å². The maximum Gasteiger partial charge on any atom is 0.421 e. The zero-order chi connectivity index (χ0) is 12.2. The van der Waals surface area contributed by atoms with Crippen LogP contribution in [0.25, 0.3) is 0 Å². The van der Waals surface area contributed by atoms with Crippen molar-refractivity contribution in [2.75, 3.05) is 6.61 Å². The molecule has 1 aromatic carbocycles. The maximum absolute atomic E-state index is 11.7. The van der Waals surface area contributed by atoms with Gasteiger partial charge in [0.1, 0.15) is 0 Å². The third kappa shape index (κ3) is 2.96. The van der Waals surface area contributed by atoms with E-state index < -0.39 is 16.1 Å². The van der Waals surface area contributed by atoms with Crippen LogP contribution in [0.4, 0.5) is 4.79 Å². The second-order valence-corrected chi connectivity index (χ2v) is 4.74. The van der Waals surface area contributed by atoms with Crippen molar-refractivity contribution >= 4 is 16.1 Å². The fraction of sp³-hybridized carbons (Fsp3) is 0.300. The molecule has 0 aliphatic carbocycles. The summed E-state index contributed by atoms with van der Waals surface area (Å²) in [5, 5.41) is 0. The first-order valence-corrected chi connectivity index (χ1v) is 6.21. The number of carbonyl (C=O) groups is 1. The summed E-state index contributed by atoms with van der Waals surface area (Å²) in [5.74, 6) is 0. The van der Waals surface area contributed by atoms with Crippen LogP contribution in [0.3, 0.4) is 0 Å². The zero-order valence-electron chi connectivity index (χ0n) is 9.06. The summed E-state index contributed by atoms with van der Waals surface area (Å²) >= 11 is 0. The third-order valence-corrected chi connectivity index (χ3v) is 3.35. The molecule has 0 atom stereocenters. The summed E-state index contributed by atoms with van der Waals surface area (Å²) in [7, 11) is -3.84. The van der Waals surface area contributed by atoms with Crippen molar-refractivity contribution in [3.05, 3.63) is 29.8 Å². The molecule has 0 unspecified atom stereocenters. The molecule has 0 saturated heterocycles. The molecule has 1 rings (SSSR count). The Bertz CT molecular complexity index is 481. The second-order valence-electron chi connectivity index (χ2n) is 3.09. The van der Waals surface area contributed by atoms with Gasteiger partial charge in [-0.25, -0.2) is 17.9 Å². The summed E-state index contributed by atoms with van der Waals surface area (Å²) in [5.41, 5.74) is 0.569. The van der Waals surface area contributed by atoms with Gasteiger partial charge >= 0.3 is 6.09 Å². The van der Waals surface area contributed by atoms with E-state index in [4.69, 9.17) is 0 Å². The van der Waals surface area contributed by atoms with E-state index in [0.29, 0.717) is 5.56 Å². The Morgan fingerprint density at radius 3 is 2.56 bits per heavy atom. The minimum atomic E-state index is -3.84. The highest BCUT2D eigenvalue weighted by Crippen LogP contribution is 2.13. The molecule has 0 heterocycles. The minimum absolute atomic E-state index is 0.0723. The fourth-order valence-corrected chi connectivity index (χ4v) is 2.32. The number of hydrogen-bond acceptors (Lipinski definition) is 4. The van der Waals surface area contributed by atoms with Gasteiger partial charge in [0, 0.05) is 0 Å². The molecule has 6 heteroatoms. The van der Waals surface area contributed by atoms with E-state index in [1.807, 2.05) is 4.72 Å². The van der Waals surface area contributed by atoms with E-state index in [9.17, 15) is 13.2 Å². The molecule has 0 bridgehead atoms. The lowest BCUT2D eigenvalue weighted by molar-refractivity contribution is 0.158. The third-order valence-electron chi connectivity index (χ3n) is 1.88. The highest BCUT2D eigenvalue weighted by molar-refractivity contribution is 7.90. The van der Waals surface area contributed by atoms with Gasteiger partial charge in [0.15, 0.2) is 0 Å². The lowest BCUT2D eigenvalue weighted by Crippen LogP contribution is -2.31. The minimum Gasteiger partial charge on any atom is -0.449 e. The maximum atomic E-state index is 11.7. The Labute approximate surface area is 94.5 Å². The molecular formula is C10H13NO4S. The van der Waals surface area contributed by atoms with Gasteiger partial charge in [0.25, 0.3) is 10.0 Å². The van der Waals surface area contributed by atoms with Crippen LogP contribution >= 0.6 is 0 Å². The number of benzene rings is 1. The zero-order valence-corrected chi connectivity index (χ0v) is 9.87. The van der Waals surface area contributed by atoms with Crippen molar-refractivity contribution in [2.45, 2.75) is 18.7 Å². The number of aryl methyl sites for hydroxylation is 1. The van der Waals surface area contributed by atoms with Crippen molar-refractivity contribution in [1.29, 1.82) is 0 Å². The van der Waals surface area contributed by atoms with Crippen LogP contribution in [-0.2, 0) is 14.8 Å². The molecule has 1 aromatic rings. The van der Waals surface area contributed by atoms with Crippen LogP contribution in [0.5, 0.6) is 0 Å².